The lowest BCUT2D eigenvalue weighted by molar-refractivity contribution is -0.124. The summed E-state index contributed by atoms with van der Waals surface area (Å²) in [7, 11) is 1.86. The van der Waals surface area contributed by atoms with Gasteiger partial charge in [-0.2, -0.15) is 0 Å². The molecule has 0 saturated carbocycles. The van der Waals surface area contributed by atoms with Gasteiger partial charge in [-0.3, -0.25) is 4.79 Å². The summed E-state index contributed by atoms with van der Waals surface area (Å²) < 4.78 is 0. The highest BCUT2D eigenvalue weighted by Gasteiger charge is 2.22. The molecular formula is C16H26N2O. The van der Waals surface area contributed by atoms with Gasteiger partial charge < -0.3 is 10.6 Å². The molecule has 0 aliphatic rings. The van der Waals surface area contributed by atoms with Crippen LogP contribution in [0.25, 0.3) is 0 Å². The summed E-state index contributed by atoms with van der Waals surface area (Å²) in [6.45, 7) is 9.70. The van der Waals surface area contributed by atoms with Crippen LogP contribution in [0.3, 0.4) is 0 Å². The predicted octanol–water partition coefficient (Wildman–Crippen LogP) is 2.24. The van der Waals surface area contributed by atoms with Crippen molar-refractivity contribution in [1.82, 2.24) is 10.6 Å². The van der Waals surface area contributed by atoms with Crippen molar-refractivity contribution in [2.45, 2.75) is 33.1 Å². The fourth-order valence-corrected chi connectivity index (χ4v) is 2.05. The Hall–Kier alpha value is -1.35. The van der Waals surface area contributed by atoms with E-state index in [2.05, 4.69) is 55.7 Å². The van der Waals surface area contributed by atoms with Crippen LogP contribution >= 0.6 is 0 Å². The van der Waals surface area contributed by atoms with Gasteiger partial charge in [0.2, 0.25) is 5.91 Å². The second kappa shape index (κ2) is 6.71. The van der Waals surface area contributed by atoms with Gasteiger partial charge in [-0.25, -0.2) is 0 Å². The number of carbonyl (C=O) groups excluding carboxylic acids is 1. The van der Waals surface area contributed by atoms with Crippen molar-refractivity contribution >= 4 is 5.91 Å². The molecule has 0 bridgehead atoms. The minimum atomic E-state index is -0.0545. The van der Waals surface area contributed by atoms with Crippen LogP contribution in [0.2, 0.25) is 0 Å². The van der Waals surface area contributed by atoms with Crippen molar-refractivity contribution in [3.8, 4) is 0 Å². The van der Waals surface area contributed by atoms with E-state index in [0.29, 0.717) is 13.1 Å². The van der Waals surface area contributed by atoms with E-state index in [-0.39, 0.29) is 17.2 Å². The smallest absolute Gasteiger partial charge is 0.224 e. The van der Waals surface area contributed by atoms with Crippen molar-refractivity contribution in [3.05, 3.63) is 35.4 Å². The first kappa shape index (κ1) is 15.7. The molecule has 1 unspecified atom stereocenters. The summed E-state index contributed by atoms with van der Waals surface area (Å²) in [4.78, 5) is 11.9. The van der Waals surface area contributed by atoms with E-state index in [1.54, 1.807) is 0 Å². The molecule has 1 amide bonds. The molecule has 0 radical (unpaired) electrons. The molecule has 19 heavy (non-hydrogen) atoms. The third kappa shape index (κ3) is 4.67. The van der Waals surface area contributed by atoms with E-state index in [9.17, 15) is 4.79 Å². The minimum absolute atomic E-state index is 0.00157. The lowest BCUT2D eigenvalue weighted by atomic mass is 9.84. The maximum absolute atomic E-state index is 11.9. The van der Waals surface area contributed by atoms with Crippen LogP contribution in [-0.2, 0) is 10.2 Å². The molecule has 0 fully saturated rings. The zero-order valence-corrected chi connectivity index (χ0v) is 12.7. The zero-order chi connectivity index (χ0) is 14.5. The Morgan fingerprint density at radius 1 is 1.37 bits per heavy atom. The van der Waals surface area contributed by atoms with Crippen LogP contribution in [0.5, 0.6) is 0 Å². The topological polar surface area (TPSA) is 41.1 Å². The highest BCUT2D eigenvalue weighted by molar-refractivity contribution is 5.78. The predicted molar refractivity (Wildman–Crippen MR) is 80.3 cm³/mol. The van der Waals surface area contributed by atoms with E-state index in [1.165, 1.54) is 11.1 Å². The Morgan fingerprint density at radius 2 is 2.05 bits per heavy atom. The van der Waals surface area contributed by atoms with E-state index in [4.69, 9.17) is 0 Å². The zero-order valence-electron chi connectivity index (χ0n) is 12.7. The molecular weight excluding hydrogens is 236 g/mol. The van der Waals surface area contributed by atoms with Gasteiger partial charge in [-0.1, -0.05) is 50.6 Å². The number of aryl methyl sites for hydroxylation is 1. The van der Waals surface area contributed by atoms with Crippen molar-refractivity contribution in [1.29, 1.82) is 0 Å². The Morgan fingerprint density at radius 3 is 2.63 bits per heavy atom. The summed E-state index contributed by atoms with van der Waals surface area (Å²) in [5.74, 6) is 0.105. The van der Waals surface area contributed by atoms with Crippen molar-refractivity contribution < 1.29 is 4.79 Å². The van der Waals surface area contributed by atoms with E-state index in [1.807, 2.05) is 14.0 Å². The standard InChI is InChI=1S/C16H26N2O/c1-12-7-6-8-14(9-12)16(3,4)11-18-15(19)13(2)10-17-5/h6-9,13,17H,10-11H2,1-5H3,(H,18,19). The molecule has 106 valence electrons. The summed E-state index contributed by atoms with van der Waals surface area (Å²) in [5, 5.41) is 6.07. The molecule has 1 rings (SSSR count). The second-order valence-corrected chi connectivity index (χ2v) is 5.93. The fraction of sp³-hybridized carbons (Fsp3) is 0.562. The normalized spacial score (nSPS) is 13.1. The number of benzene rings is 1. The number of rotatable bonds is 6. The SMILES string of the molecule is CNCC(C)C(=O)NCC(C)(C)c1cccc(C)c1. The first-order valence-electron chi connectivity index (χ1n) is 6.86. The number of hydrogen-bond donors (Lipinski definition) is 2. The molecule has 3 nitrogen and oxygen atoms in total. The van der Waals surface area contributed by atoms with Crippen LogP contribution in [0.15, 0.2) is 24.3 Å². The number of carbonyl (C=O) groups is 1. The van der Waals surface area contributed by atoms with E-state index < -0.39 is 0 Å². The average Bonchev–Trinajstić information content (AvgIpc) is 2.36. The first-order valence-corrected chi connectivity index (χ1v) is 6.86. The molecule has 3 heteroatoms. The first-order chi connectivity index (χ1) is 8.86. The van der Waals surface area contributed by atoms with Gasteiger partial charge in [-0.15, -0.1) is 0 Å². The highest BCUT2D eigenvalue weighted by atomic mass is 16.1. The quantitative estimate of drug-likeness (QED) is 0.825. The Labute approximate surface area is 116 Å². The van der Waals surface area contributed by atoms with Crippen molar-refractivity contribution in [2.75, 3.05) is 20.1 Å². The van der Waals surface area contributed by atoms with Crippen molar-refractivity contribution in [3.63, 3.8) is 0 Å². The third-order valence-corrected chi connectivity index (χ3v) is 3.46. The summed E-state index contributed by atoms with van der Waals surface area (Å²) in [6, 6.07) is 8.46. The van der Waals surface area contributed by atoms with Gasteiger partial charge in [0.05, 0.1) is 0 Å². The van der Waals surface area contributed by atoms with Gasteiger partial charge >= 0.3 is 0 Å². The lowest BCUT2D eigenvalue weighted by Gasteiger charge is -2.27. The van der Waals surface area contributed by atoms with Crippen LogP contribution in [0.1, 0.15) is 31.9 Å². The molecule has 0 aliphatic carbocycles. The van der Waals surface area contributed by atoms with Crippen LogP contribution in [0, 0.1) is 12.8 Å². The minimum Gasteiger partial charge on any atom is -0.355 e. The Balaban J connectivity index is 2.63. The fourth-order valence-electron chi connectivity index (χ4n) is 2.05. The molecule has 0 saturated heterocycles. The molecule has 0 heterocycles. The Bertz CT molecular complexity index is 427. The molecule has 1 atom stereocenters. The van der Waals surface area contributed by atoms with Gasteiger partial charge in [0.25, 0.3) is 0 Å². The molecule has 0 aliphatic heterocycles. The summed E-state index contributed by atoms with van der Waals surface area (Å²) in [6.07, 6.45) is 0. The van der Waals surface area contributed by atoms with Crippen molar-refractivity contribution in [2.24, 2.45) is 5.92 Å². The summed E-state index contributed by atoms with van der Waals surface area (Å²) in [5.41, 5.74) is 2.45. The van der Waals surface area contributed by atoms with Gasteiger partial charge in [0, 0.05) is 24.4 Å². The summed E-state index contributed by atoms with van der Waals surface area (Å²) >= 11 is 0. The molecule has 0 aromatic heterocycles. The van der Waals surface area contributed by atoms with Gasteiger partial charge in [-0.05, 0) is 19.5 Å². The van der Waals surface area contributed by atoms with E-state index in [0.717, 1.165) is 0 Å². The number of hydrogen-bond acceptors (Lipinski definition) is 2. The highest BCUT2D eigenvalue weighted by Crippen LogP contribution is 2.23. The number of nitrogens with one attached hydrogen (secondary N) is 2. The third-order valence-electron chi connectivity index (χ3n) is 3.46. The van der Waals surface area contributed by atoms with Gasteiger partial charge in [0.15, 0.2) is 0 Å². The van der Waals surface area contributed by atoms with Crippen LogP contribution < -0.4 is 10.6 Å². The maximum atomic E-state index is 11.9. The van der Waals surface area contributed by atoms with Crippen LogP contribution in [0.4, 0.5) is 0 Å². The Kier molecular flexibility index (Phi) is 5.55. The van der Waals surface area contributed by atoms with Gasteiger partial charge in [0.1, 0.15) is 0 Å². The van der Waals surface area contributed by atoms with Crippen LogP contribution in [-0.4, -0.2) is 26.0 Å². The molecule has 2 N–H and O–H groups in total. The second-order valence-electron chi connectivity index (χ2n) is 5.93. The maximum Gasteiger partial charge on any atom is 0.224 e. The monoisotopic (exact) mass is 262 g/mol. The average molecular weight is 262 g/mol. The number of amides is 1. The van der Waals surface area contributed by atoms with E-state index >= 15 is 0 Å². The molecule has 1 aromatic rings. The largest absolute Gasteiger partial charge is 0.355 e. The molecule has 1 aromatic carbocycles. The lowest BCUT2D eigenvalue weighted by Crippen LogP contribution is -2.41. The molecule has 0 spiro atoms.